The van der Waals surface area contributed by atoms with Crippen LogP contribution in [0.15, 0.2) is 0 Å². The van der Waals surface area contributed by atoms with Gasteiger partial charge in [-0.2, -0.15) is 0 Å². The molecule has 1 atom stereocenters. The Morgan fingerprint density at radius 1 is 0.306 bits per heavy atom. The van der Waals surface area contributed by atoms with Crippen molar-refractivity contribution in [1.82, 2.24) is 0 Å². The standard InChI is InChI=1S/C56H108O6/c1-6-7-8-9-10-11-12-13-17-21-28-33-38-43-48-56(59)62-53(50-61-55(58)47-42-37-32-27-23-22-25-30-35-40-45-52(4)5)49-60-54(57)46-41-36-31-26-20-18-15-14-16-19-24-29-34-39-44-51(2)3/h51-53H,6-50H2,1-5H3/t53-/m1/s1. The van der Waals surface area contributed by atoms with E-state index in [2.05, 4.69) is 34.6 Å². The third-order valence-corrected chi connectivity index (χ3v) is 12.7. The topological polar surface area (TPSA) is 78.9 Å². The van der Waals surface area contributed by atoms with Crippen LogP contribution in [0.4, 0.5) is 0 Å². The van der Waals surface area contributed by atoms with Gasteiger partial charge in [0.15, 0.2) is 6.10 Å². The van der Waals surface area contributed by atoms with Gasteiger partial charge in [-0.15, -0.1) is 0 Å². The van der Waals surface area contributed by atoms with E-state index in [0.29, 0.717) is 19.3 Å². The summed E-state index contributed by atoms with van der Waals surface area (Å²) in [7, 11) is 0. The smallest absolute Gasteiger partial charge is 0.306 e. The minimum atomic E-state index is -0.762. The lowest BCUT2D eigenvalue weighted by molar-refractivity contribution is -0.167. The van der Waals surface area contributed by atoms with Gasteiger partial charge in [0.2, 0.25) is 0 Å². The molecule has 0 aliphatic rings. The molecule has 6 heteroatoms. The van der Waals surface area contributed by atoms with Gasteiger partial charge in [-0.25, -0.2) is 0 Å². The van der Waals surface area contributed by atoms with Crippen molar-refractivity contribution < 1.29 is 28.6 Å². The summed E-state index contributed by atoms with van der Waals surface area (Å²) in [5.41, 5.74) is 0. The molecule has 0 aromatic heterocycles. The van der Waals surface area contributed by atoms with E-state index in [1.54, 1.807) is 0 Å². The van der Waals surface area contributed by atoms with Crippen molar-refractivity contribution in [2.45, 2.75) is 317 Å². The van der Waals surface area contributed by atoms with Crippen molar-refractivity contribution in [1.29, 1.82) is 0 Å². The van der Waals surface area contributed by atoms with E-state index in [-0.39, 0.29) is 31.1 Å². The van der Waals surface area contributed by atoms with E-state index in [0.717, 1.165) is 69.6 Å². The van der Waals surface area contributed by atoms with E-state index in [1.807, 2.05) is 0 Å². The van der Waals surface area contributed by atoms with Crippen LogP contribution >= 0.6 is 0 Å². The largest absolute Gasteiger partial charge is 0.462 e. The fourth-order valence-electron chi connectivity index (χ4n) is 8.52. The SMILES string of the molecule is CCCCCCCCCCCCCCCCC(=O)O[C@H](COC(=O)CCCCCCCCCCCCCCCCC(C)C)COC(=O)CCCCCCCCCCCCC(C)C. The van der Waals surface area contributed by atoms with Crippen LogP contribution in [0, 0.1) is 11.8 Å². The van der Waals surface area contributed by atoms with Crippen LogP contribution in [0.25, 0.3) is 0 Å². The second kappa shape index (κ2) is 48.9. The molecule has 0 aliphatic carbocycles. The maximum Gasteiger partial charge on any atom is 0.306 e. The second-order valence-corrected chi connectivity index (χ2v) is 20.2. The molecule has 62 heavy (non-hydrogen) atoms. The summed E-state index contributed by atoms with van der Waals surface area (Å²) >= 11 is 0. The molecule has 0 amide bonds. The van der Waals surface area contributed by atoms with Crippen molar-refractivity contribution in [2.24, 2.45) is 11.8 Å². The van der Waals surface area contributed by atoms with E-state index in [4.69, 9.17) is 14.2 Å². The van der Waals surface area contributed by atoms with Gasteiger partial charge in [-0.05, 0) is 31.1 Å². The summed E-state index contributed by atoms with van der Waals surface area (Å²) in [5, 5.41) is 0. The van der Waals surface area contributed by atoms with Gasteiger partial charge in [0.25, 0.3) is 0 Å². The Hall–Kier alpha value is -1.59. The summed E-state index contributed by atoms with van der Waals surface area (Å²) in [4.78, 5) is 38.1. The third-order valence-electron chi connectivity index (χ3n) is 12.7. The van der Waals surface area contributed by atoms with Crippen molar-refractivity contribution >= 4 is 17.9 Å². The first kappa shape index (κ1) is 60.4. The van der Waals surface area contributed by atoms with Crippen LogP contribution in [-0.4, -0.2) is 37.2 Å². The van der Waals surface area contributed by atoms with Crippen LogP contribution in [0.2, 0.25) is 0 Å². The van der Waals surface area contributed by atoms with E-state index in [1.165, 1.54) is 199 Å². The van der Waals surface area contributed by atoms with Gasteiger partial charge >= 0.3 is 17.9 Å². The average Bonchev–Trinajstić information content (AvgIpc) is 3.24. The average molecular weight is 877 g/mol. The van der Waals surface area contributed by atoms with Crippen molar-refractivity contribution in [3.63, 3.8) is 0 Å². The highest BCUT2D eigenvalue weighted by molar-refractivity contribution is 5.71. The number of carbonyl (C=O) groups excluding carboxylic acids is 3. The van der Waals surface area contributed by atoms with Crippen LogP contribution in [0.5, 0.6) is 0 Å². The van der Waals surface area contributed by atoms with Gasteiger partial charge in [0, 0.05) is 19.3 Å². The first-order valence-electron chi connectivity index (χ1n) is 27.7. The molecule has 0 rings (SSSR count). The number of hydrogen-bond acceptors (Lipinski definition) is 6. The number of esters is 3. The maximum atomic E-state index is 12.8. The highest BCUT2D eigenvalue weighted by Crippen LogP contribution is 2.18. The summed E-state index contributed by atoms with van der Waals surface area (Å²) in [6, 6.07) is 0. The summed E-state index contributed by atoms with van der Waals surface area (Å²) in [6.07, 6.45) is 50.9. The van der Waals surface area contributed by atoms with Crippen LogP contribution in [-0.2, 0) is 28.6 Å². The quantitative estimate of drug-likeness (QED) is 0.0344. The van der Waals surface area contributed by atoms with E-state index in [9.17, 15) is 14.4 Å². The normalized spacial score (nSPS) is 12.0. The lowest BCUT2D eigenvalue weighted by Gasteiger charge is -2.18. The molecule has 368 valence electrons. The molecule has 0 bridgehead atoms. The molecule has 6 nitrogen and oxygen atoms in total. The zero-order valence-corrected chi connectivity index (χ0v) is 42.5. The van der Waals surface area contributed by atoms with Crippen LogP contribution < -0.4 is 0 Å². The Kier molecular flexibility index (Phi) is 47.6. The molecule has 0 saturated carbocycles. The molecule has 0 radical (unpaired) electrons. The summed E-state index contributed by atoms with van der Waals surface area (Å²) in [5.74, 6) is 0.821. The van der Waals surface area contributed by atoms with Gasteiger partial charge in [0.05, 0.1) is 0 Å². The lowest BCUT2D eigenvalue weighted by Crippen LogP contribution is -2.30. The maximum absolute atomic E-state index is 12.8. The fraction of sp³-hybridized carbons (Fsp3) is 0.946. The molecule has 0 saturated heterocycles. The first-order valence-corrected chi connectivity index (χ1v) is 27.7. The van der Waals surface area contributed by atoms with Gasteiger partial charge in [-0.3, -0.25) is 14.4 Å². The predicted molar refractivity (Wildman–Crippen MR) is 266 cm³/mol. The zero-order valence-electron chi connectivity index (χ0n) is 42.5. The molecule has 0 spiro atoms. The van der Waals surface area contributed by atoms with Gasteiger partial charge in [-0.1, -0.05) is 272 Å². The molecule has 0 N–H and O–H groups in total. The van der Waals surface area contributed by atoms with E-state index >= 15 is 0 Å². The molecule has 0 aromatic carbocycles. The molecular weight excluding hydrogens is 769 g/mol. The monoisotopic (exact) mass is 877 g/mol. The minimum absolute atomic E-state index is 0.0630. The lowest BCUT2D eigenvalue weighted by atomic mass is 10.0. The third kappa shape index (κ3) is 49.4. The number of rotatable bonds is 50. The van der Waals surface area contributed by atoms with Crippen LogP contribution in [0.1, 0.15) is 311 Å². The first-order chi connectivity index (χ1) is 30.2. The predicted octanol–water partition coefficient (Wildman–Crippen LogP) is 18.1. The number of carbonyl (C=O) groups is 3. The van der Waals surface area contributed by atoms with Crippen LogP contribution in [0.3, 0.4) is 0 Å². The highest BCUT2D eigenvalue weighted by Gasteiger charge is 2.19. The molecule has 0 unspecified atom stereocenters. The Morgan fingerprint density at radius 2 is 0.532 bits per heavy atom. The molecule has 0 aliphatic heterocycles. The number of unbranched alkanes of at least 4 members (excludes halogenated alkanes) is 35. The summed E-state index contributed by atoms with van der Waals surface area (Å²) in [6.45, 7) is 11.4. The van der Waals surface area contributed by atoms with E-state index < -0.39 is 6.10 Å². The van der Waals surface area contributed by atoms with Crippen molar-refractivity contribution in [3.8, 4) is 0 Å². The second-order valence-electron chi connectivity index (χ2n) is 20.2. The number of hydrogen-bond donors (Lipinski definition) is 0. The molecule has 0 fully saturated rings. The Morgan fingerprint density at radius 3 is 0.790 bits per heavy atom. The molecule has 0 heterocycles. The molecular formula is C56H108O6. The number of ether oxygens (including phenoxy) is 3. The Bertz CT molecular complexity index is 947. The summed E-state index contributed by atoms with van der Waals surface area (Å²) < 4.78 is 16.9. The zero-order chi connectivity index (χ0) is 45.4. The van der Waals surface area contributed by atoms with Gasteiger partial charge in [0.1, 0.15) is 13.2 Å². The van der Waals surface area contributed by atoms with Crippen molar-refractivity contribution in [2.75, 3.05) is 13.2 Å². The van der Waals surface area contributed by atoms with Gasteiger partial charge < -0.3 is 14.2 Å². The highest BCUT2D eigenvalue weighted by atomic mass is 16.6. The minimum Gasteiger partial charge on any atom is -0.462 e. The fourth-order valence-corrected chi connectivity index (χ4v) is 8.52. The Balaban J connectivity index is 4.29. The molecule has 0 aromatic rings. The Labute approximate surface area is 387 Å². The van der Waals surface area contributed by atoms with Crippen molar-refractivity contribution in [3.05, 3.63) is 0 Å².